The molecule has 0 unspecified atom stereocenters. The zero-order valence-electron chi connectivity index (χ0n) is 9.02. The van der Waals surface area contributed by atoms with E-state index >= 15 is 0 Å². The zero-order chi connectivity index (χ0) is 11.7. The van der Waals surface area contributed by atoms with E-state index < -0.39 is 5.97 Å². The Morgan fingerprint density at radius 2 is 2.19 bits per heavy atom. The molecule has 4 heteroatoms. The monoisotopic (exact) mass is 217 g/mol. The van der Waals surface area contributed by atoms with Crippen LogP contribution in [0.2, 0.25) is 0 Å². The first-order valence-corrected chi connectivity index (χ1v) is 4.80. The summed E-state index contributed by atoms with van der Waals surface area (Å²) in [4.78, 5) is 15.6. The van der Waals surface area contributed by atoms with E-state index in [9.17, 15) is 9.90 Å². The predicted molar refractivity (Wildman–Crippen MR) is 59.5 cm³/mol. The fraction of sp³-hybridized carbons (Fsp3) is 0.167. The summed E-state index contributed by atoms with van der Waals surface area (Å²) in [5.41, 5.74) is 1.87. The van der Waals surface area contributed by atoms with Gasteiger partial charge < -0.3 is 9.84 Å². The molecule has 0 amide bonds. The van der Waals surface area contributed by atoms with Gasteiger partial charge in [-0.15, -0.1) is 0 Å². The largest absolute Gasteiger partial charge is 0.505 e. The summed E-state index contributed by atoms with van der Waals surface area (Å²) >= 11 is 0. The Bertz CT molecular complexity index is 563. The lowest BCUT2D eigenvalue weighted by Crippen LogP contribution is -2.03. The first kappa shape index (κ1) is 10.4. The fourth-order valence-electron chi connectivity index (χ4n) is 1.61. The van der Waals surface area contributed by atoms with Crippen molar-refractivity contribution >= 4 is 16.9 Å². The van der Waals surface area contributed by atoms with E-state index in [-0.39, 0.29) is 11.3 Å². The number of hydrogen-bond donors (Lipinski definition) is 1. The number of nitrogens with zero attached hydrogens (tertiary/aromatic N) is 1. The van der Waals surface area contributed by atoms with Gasteiger partial charge in [-0.25, -0.2) is 4.79 Å². The van der Waals surface area contributed by atoms with Gasteiger partial charge in [-0.05, 0) is 18.6 Å². The molecule has 1 aromatic carbocycles. The Morgan fingerprint density at radius 3 is 2.88 bits per heavy atom. The summed E-state index contributed by atoms with van der Waals surface area (Å²) < 4.78 is 4.63. The van der Waals surface area contributed by atoms with E-state index in [1.807, 2.05) is 19.1 Å². The van der Waals surface area contributed by atoms with Gasteiger partial charge in [0.2, 0.25) is 0 Å². The Hall–Kier alpha value is -2.10. The first-order chi connectivity index (χ1) is 7.63. The number of fused-ring (bicyclic) bond motifs is 1. The van der Waals surface area contributed by atoms with Crippen molar-refractivity contribution in [1.82, 2.24) is 4.98 Å². The number of carbonyl (C=O) groups is 1. The van der Waals surface area contributed by atoms with Gasteiger partial charge in [0, 0.05) is 5.39 Å². The van der Waals surface area contributed by atoms with Gasteiger partial charge in [-0.3, -0.25) is 4.98 Å². The van der Waals surface area contributed by atoms with Crippen LogP contribution in [0, 0.1) is 6.92 Å². The van der Waals surface area contributed by atoms with Crippen molar-refractivity contribution < 1.29 is 14.6 Å². The van der Waals surface area contributed by atoms with Crippen LogP contribution in [0.15, 0.2) is 24.4 Å². The molecule has 0 aliphatic heterocycles. The van der Waals surface area contributed by atoms with Crippen molar-refractivity contribution in [2.75, 3.05) is 7.11 Å². The topological polar surface area (TPSA) is 59.4 Å². The molecular formula is C12H11NO3. The summed E-state index contributed by atoms with van der Waals surface area (Å²) in [6.45, 7) is 1.94. The van der Waals surface area contributed by atoms with Gasteiger partial charge in [0.1, 0.15) is 11.3 Å². The molecule has 4 nitrogen and oxygen atoms in total. The molecule has 1 aromatic heterocycles. The minimum absolute atomic E-state index is 0.160. The zero-order valence-corrected chi connectivity index (χ0v) is 9.02. The third-order valence-electron chi connectivity index (χ3n) is 2.39. The van der Waals surface area contributed by atoms with Gasteiger partial charge >= 0.3 is 5.97 Å². The average molecular weight is 217 g/mol. The highest BCUT2D eigenvalue weighted by molar-refractivity contribution is 6.05. The van der Waals surface area contributed by atoms with E-state index in [1.54, 1.807) is 6.07 Å². The van der Waals surface area contributed by atoms with Crippen LogP contribution in [0.25, 0.3) is 10.9 Å². The summed E-state index contributed by atoms with van der Waals surface area (Å²) in [5, 5.41) is 10.2. The highest BCUT2D eigenvalue weighted by Gasteiger charge is 2.16. The third kappa shape index (κ3) is 1.58. The molecule has 0 bridgehead atoms. The minimum atomic E-state index is -0.561. The van der Waals surface area contributed by atoms with Crippen LogP contribution < -0.4 is 0 Å². The van der Waals surface area contributed by atoms with E-state index in [1.165, 1.54) is 13.3 Å². The van der Waals surface area contributed by atoms with Gasteiger partial charge in [-0.1, -0.05) is 12.1 Å². The van der Waals surface area contributed by atoms with E-state index in [2.05, 4.69) is 9.72 Å². The summed E-state index contributed by atoms with van der Waals surface area (Å²) in [6, 6.07) is 5.46. The second-order valence-electron chi connectivity index (χ2n) is 3.53. The van der Waals surface area contributed by atoms with Crippen LogP contribution in [0.3, 0.4) is 0 Å². The van der Waals surface area contributed by atoms with Gasteiger partial charge in [0.05, 0.1) is 18.8 Å². The van der Waals surface area contributed by atoms with Crippen LogP contribution >= 0.6 is 0 Å². The lowest BCUT2D eigenvalue weighted by molar-refractivity contribution is 0.0599. The normalized spacial score (nSPS) is 10.4. The van der Waals surface area contributed by atoms with Crippen LogP contribution in [0.4, 0.5) is 0 Å². The molecule has 0 aliphatic rings. The first-order valence-electron chi connectivity index (χ1n) is 4.80. The Labute approximate surface area is 92.5 Å². The molecule has 1 heterocycles. The van der Waals surface area contributed by atoms with E-state index in [0.717, 1.165) is 5.56 Å². The number of hydrogen-bond acceptors (Lipinski definition) is 4. The smallest absolute Gasteiger partial charge is 0.342 e. The number of aryl methyl sites for hydroxylation is 1. The fourth-order valence-corrected chi connectivity index (χ4v) is 1.61. The highest BCUT2D eigenvalue weighted by atomic mass is 16.5. The van der Waals surface area contributed by atoms with Crippen molar-refractivity contribution in [3.05, 3.63) is 35.5 Å². The van der Waals surface area contributed by atoms with Gasteiger partial charge in [-0.2, -0.15) is 0 Å². The number of benzene rings is 1. The summed E-state index contributed by atoms with van der Waals surface area (Å²) in [6.07, 6.45) is 1.26. The molecule has 2 rings (SSSR count). The van der Waals surface area contributed by atoms with Crippen molar-refractivity contribution in [1.29, 1.82) is 0 Å². The Morgan fingerprint density at radius 1 is 1.44 bits per heavy atom. The third-order valence-corrected chi connectivity index (χ3v) is 2.39. The van der Waals surface area contributed by atoms with E-state index in [4.69, 9.17) is 0 Å². The number of carbonyl (C=O) groups excluding carboxylic acids is 1. The lowest BCUT2D eigenvalue weighted by Gasteiger charge is -2.06. The number of pyridine rings is 1. The minimum Gasteiger partial charge on any atom is -0.505 e. The maximum atomic E-state index is 11.5. The molecule has 0 spiro atoms. The lowest BCUT2D eigenvalue weighted by atomic mass is 10.1. The van der Waals surface area contributed by atoms with Crippen molar-refractivity contribution in [2.24, 2.45) is 0 Å². The maximum absolute atomic E-state index is 11.5. The molecule has 0 saturated carbocycles. The van der Waals surface area contributed by atoms with Crippen LogP contribution in [-0.4, -0.2) is 23.2 Å². The number of aromatic hydroxyl groups is 1. The number of rotatable bonds is 1. The summed E-state index contributed by atoms with van der Waals surface area (Å²) in [7, 11) is 1.28. The van der Waals surface area contributed by atoms with Crippen molar-refractivity contribution in [3.8, 4) is 5.75 Å². The molecular weight excluding hydrogens is 206 g/mol. The molecule has 2 aromatic rings. The number of esters is 1. The molecule has 0 radical (unpaired) electrons. The second-order valence-corrected chi connectivity index (χ2v) is 3.53. The SMILES string of the molecule is COC(=O)c1c(O)cnc2cc(C)ccc12. The molecule has 1 N–H and O–H groups in total. The predicted octanol–water partition coefficient (Wildman–Crippen LogP) is 2.04. The quantitative estimate of drug-likeness (QED) is 0.742. The standard InChI is InChI=1S/C12H11NO3/c1-7-3-4-8-9(5-7)13-6-10(14)11(8)12(15)16-2/h3-6,14H,1-2H3. The Kier molecular flexibility index (Phi) is 2.48. The molecule has 16 heavy (non-hydrogen) atoms. The molecule has 0 atom stereocenters. The van der Waals surface area contributed by atoms with Crippen molar-refractivity contribution in [2.45, 2.75) is 6.92 Å². The average Bonchev–Trinajstić information content (AvgIpc) is 2.28. The second kappa shape index (κ2) is 3.81. The molecule has 0 saturated heterocycles. The maximum Gasteiger partial charge on any atom is 0.342 e. The van der Waals surface area contributed by atoms with Gasteiger partial charge in [0.15, 0.2) is 0 Å². The molecule has 0 aliphatic carbocycles. The van der Waals surface area contributed by atoms with Crippen molar-refractivity contribution in [3.63, 3.8) is 0 Å². The van der Waals surface area contributed by atoms with Crippen LogP contribution in [0.5, 0.6) is 5.75 Å². The van der Waals surface area contributed by atoms with E-state index in [0.29, 0.717) is 10.9 Å². The summed E-state index contributed by atoms with van der Waals surface area (Å²) in [5.74, 6) is -0.725. The van der Waals surface area contributed by atoms with Crippen LogP contribution in [-0.2, 0) is 4.74 Å². The number of methoxy groups -OCH3 is 1. The molecule has 82 valence electrons. The Balaban J connectivity index is 2.79. The number of ether oxygens (including phenoxy) is 1. The highest BCUT2D eigenvalue weighted by Crippen LogP contribution is 2.26. The molecule has 0 fully saturated rings. The van der Waals surface area contributed by atoms with Crippen LogP contribution in [0.1, 0.15) is 15.9 Å². The van der Waals surface area contributed by atoms with Gasteiger partial charge in [0.25, 0.3) is 0 Å². The number of aromatic nitrogens is 1.